The average molecular weight is 268 g/mol. The molecule has 3 heteroatoms. The van der Waals surface area contributed by atoms with E-state index in [0.717, 1.165) is 18.3 Å². The lowest BCUT2D eigenvalue weighted by Crippen LogP contribution is -2.28. The van der Waals surface area contributed by atoms with Crippen molar-refractivity contribution in [3.8, 4) is 0 Å². The van der Waals surface area contributed by atoms with E-state index >= 15 is 0 Å². The highest BCUT2D eigenvalue weighted by molar-refractivity contribution is 6.33. The molecule has 0 aliphatic heterocycles. The van der Waals surface area contributed by atoms with E-state index in [1.54, 1.807) is 12.1 Å². The summed E-state index contributed by atoms with van der Waals surface area (Å²) in [6.07, 6.45) is 7.72. The number of rotatable bonds is 3. The van der Waals surface area contributed by atoms with Crippen LogP contribution in [0.5, 0.6) is 0 Å². The molecule has 0 spiro atoms. The second-order valence-corrected chi connectivity index (χ2v) is 6.11. The van der Waals surface area contributed by atoms with Crippen LogP contribution in [0.2, 0.25) is 5.02 Å². The summed E-state index contributed by atoms with van der Waals surface area (Å²) in [6.45, 7) is 0. The molecule has 0 heterocycles. The smallest absolute Gasteiger partial charge is 0.147 e. The molecule has 1 N–H and O–H groups in total. The fraction of sp³-hybridized carbons (Fsp3) is 0.600. The Kier molecular flexibility index (Phi) is 3.47. The monoisotopic (exact) mass is 267 g/mol. The molecule has 0 bridgehead atoms. The van der Waals surface area contributed by atoms with Gasteiger partial charge < -0.3 is 5.32 Å². The minimum Gasteiger partial charge on any atom is -0.379 e. The highest BCUT2D eigenvalue weighted by atomic mass is 35.5. The summed E-state index contributed by atoms with van der Waals surface area (Å²) in [5, 5.41) is 3.81. The van der Waals surface area contributed by atoms with Crippen LogP contribution in [0.4, 0.5) is 10.1 Å². The lowest BCUT2D eigenvalue weighted by Gasteiger charge is -2.30. The Labute approximate surface area is 113 Å². The first-order chi connectivity index (χ1) is 8.74. The normalized spacial score (nSPS) is 28.1. The summed E-state index contributed by atoms with van der Waals surface area (Å²) in [4.78, 5) is 0. The first-order valence-electron chi connectivity index (χ1n) is 6.94. The van der Waals surface area contributed by atoms with Crippen LogP contribution in [0.3, 0.4) is 0 Å². The summed E-state index contributed by atoms with van der Waals surface area (Å²) in [5.41, 5.74) is 0.487. The maximum absolute atomic E-state index is 13.7. The minimum atomic E-state index is -0.240. The van der Waals surface area contributed by atoms with Gasteiger partial charge >= 0.3 is 0 Å². The van der Waals surface area contributed by atoms with Gasteiger partial charge in [-0.1, -0.05) is 30.5 Å². The summed E-state index contributed by atoms with van der Waals surface area (Å²) < 4.78 is 13.7. The predicted molar refractivity (Wildman–Crippen MR) is 73.5 cm³/mol. The third-order valence-electron chi connectivity index (χ3n) is 4.31. The van der Waals surface area contributed by atoms with E-state index in [-0.39, 0.29) is 5.82 Å². The van der Waals surface area contributed by atoms with Crippen molar-refractivity contribution in [1.29, 1.82) is 0 Å². The van der Waals surface area contributed by atoms with Gasteiger partial charge in [-0.05, 0) is 49.7 Å². The Morgan fingerprint density at radius 3 is 2.67 bits per heavy atom. The van der Waals surface area contributed by atoms with Crippen molar-refractivity contribution < 1.29 is 4.39 Å². The van der Waals surface area contributed by atoms with Crippen molar-refractivity contribution in [3.63, 3.8) is 0 Å². The third kappa shape index (κ3) is 2.64. The lowest BCUT2D eigenvalue weighted by atomic mass is 9.82. The van der Waals surface area contributed by atoms with E-state index in [2.05, 4.69) is 5.32 Å². The number of hydrogen-bond donors (Lipinski definition) is 1. The number of halogens is 2. The molecule has 0 radical (unpaired) electrons. The van der Waals surface area contributed by atoms with Gasteiger partial charge in [-0.3, -0.25) is 0 Å². The van der Waals surface area contributed by atoms with Gasteiger partial charge in [0.15, 0.2) is 0 Å². The summed E-state index contributed by atoms with van der Waals surface area (Å²) in [5.74, 6) is 1.56. The van der Waals surface area contributed by atoms with Gasteiger partial charge in [-0.2, -0.15) is 0 Å². The van der Waals surface area contributed by atoms with Crippen LogP contribution in [0.15, 0.2) is 18.2 Å². The van der Waals surface area contributed by atoms with Crippen molar-refractivity contribution in [2.45, 2.75) is 44.6 Å². The van der Waals surface area contributed by atoms with Gasteiger partial charge in [0, 0.05) is 6.04 Å². The standard InChI is InChI=1S/C15H19ClFN/c16-13-5-2-6-14(17)15(13)18-12-4-1-3-11(9-12)10-7-8-10/h2,5-6,10-12,18H,1,3-4,7-9H2. The van der Waals surface area contributed by atoms with Crippen LogP contribution in [-0.4, -0.2) is 6.04 Å². The molecule has 0 amide bonds. The number of hydrogen-bond acceptors (Lipinski definition) is 1. The maximum atomic E-state index is 13.7. The lowest BCUT2D eigenvalue weighted by molar-refractivity contribution is 0.302. The number of nitrogens with one attached hydrogen (secondary N) is 1. The molecule has 2 saturated carbocycles. The molecule has 1 nitrogen and oxygen atoms in total. The number of benzene rings is 1. The summed E-state index contributed by atoms with van der Waals surface area (Å²) in [6, 6.07) is 5.25. The van der Waals surface area contributed by atoms with Gasteiger partial charge in [-0.15, -0.1) is 0 Å². The Bertz CT molecular complexity index is 410. The van der Waals surface area contributed by atoms with Gasteiger partial charge in [0.25, 0.3) is 0 Å². The van der Waals surface area contributed by atoms with E-state index in [1.165, 1.54) is 38.2 Å². The third-order valence-corrected chi connectivity index (χ3v) is 4.63. The van der Waals surface area contributed by atoms with Crippen molar-refractivity contribution in [1.82, 2.24) is 0 Å². The topological polar surface area (TPSA) is 12.0 Å². The molecular formula is C15H19ClFN. The minimum absolute atomic E-state index is 0.240. The zero-order valence-corrected chi connectivity index (χ0v) is 11.2. The van der Waals surface area contributed by atoms with Gasteiger partial charge in [0.1, 0.15) is 5.82 Å². The van der Waals surface area contributed by atoms with E-state index in [1.807, 2.05) is 0 Å². The zero-order chi connectivity index (χ0) is 12.5. The molecule has 1 aromatic rings. The van der Waals surface area contributed by atoms with Gasteiger partial charge in [0.2, 0.25) is 0 Å². The summed E-state index contributed by atoms with van der Waals surface area (Å²) in [7, 11) is 0. The Morgan fingerprint density at radius 1 is 1.11 bits per heavy atom. The Morgan fingerprint density at radius 2 is 1.94 bits per heavy atom. The largest absolute Gasteiger partial charge is 0.379 e. The first-order valence-corrected chi connectivity index (χ1v) is 7.32. The van der Waals surface area contributed by atoms with Crippen molar-refractivity contribution in [2.75, 3.05) is 5.32 Å². The molecule has 1 aromatic carbocycles. The molecule has 2 unspecified atom stereocenters. The SMILES string of the molecule is Fc1cccc(Cl)c1NC1CCCC(C2CC2)C1. The highest BCUT2D eigenvalue weighted by Gasteiger charge is 2.34. The molecule has 0 saturated heterocycles. The molecular weight excluding hydrogens is 249 g/mol. The molecule has 2 aliphatic rings. The zero-order valence-electron chi connectivity index (χ0n) is 10.5. The fourth-order valence-corrected chi connectivity index (χ4v) is 3.41. The molecule has 2 fully saturated rings. The Hall–Kier alpha value is -0.760. The second kappa shape index (κ2) is 5.08. The molecule has 2 aliphatic carbocycles. The molecule has 2 atom stereocenters. The maximum Gasteiger partial charge on any atom is 0.147 e. The van der Waals surface area contributed by atoms with Crippen LogP contribution < -0.4 is 5.32 Å². The molecule has 3 rings (SSSR count). The average Bonchev–Trinajstić information content (AvgIpc) is 3.19. The van der Waals surface area contributed by atoms with Crippen molar-refractivity contribution in [2.24, 2.45) is 11.8 Å². The van der Waals surface area contributed by atoms with Crippen molar-refractivity contribution >= 4 is 17.3 Å². The predicted octanol–water partition coefficient (Wildman–Crippen LogP) is 4.86. The molecule has 0 aromatic heterocycles. The summed E-state index contributed by atoms with van der Waals surface area (Å²) >= 11 is 6.06. The number of para-hydroxylation sites is 1. The quantitative estimate of drug-likeness (QED) is 0.825. The first kappa shape index (κ1) is 12.3. The fourth-order valence-electron chi connectivity index (χ4n) is 3.19. The number of anilines is 1. The van der Waals surface area contributed by atoms with Crippen molar-refractivity contribution in [3.05, 3.63) is 29.0 Å². The van der Waals surface area contributed by atoms with Gasteiger partial charge in [-0.25, -0.2) is 4.39 Å². The van der Waals surface area contributed by atoms with Gasteiger partial charge in [0.05, 0.1) is 10.7 Å². The van der Waals surface area contributed by atoms with Crippen LogP contribution in [-0.2, 0) is 0 Å². The van der Waals surface area contributed by atoms with E-state index < -0.39 is 0 Å². The van der Waals surface area contributed by atoms with Crippen LogP contribution in [0, 0.1) is 17.7 Å². The molecule has 18 heavy (non-hydrogen) atoms. The van der Waals surface area contributed by atoms with E-state index in [0.29, 0.717) is 16.8 Å². The van der Waals surface area contributed by atoms with Crippen LogP contribution >= 0.6 is 11.6 Å². The van der Waals surface area contributed by atoms with Crippen LogP contribution in [0.25, 0.3) is 0 Å². The van der Waals surface area contributed by atoms with E-state index in [9.17, 15) is 4.39 Å². The van der Waals surface area contributed by atoms with Crippen LogP contribution in [0.1, 0.15) is 38.5 Å². The second-order valence-electron chi connectivity index (χ2n) is 5.70. The van der Waals surface area contributed by atoms with E-state index in [4.69, 9.17) is 11.6 Å². The molecule has 98 valence electrons. The Balaban J connectivity index is 1.68. The highest BCUT2D eigenvalue weighted by Crippen LogP contribution is 2.44.